The van der Waals surface area contributed by atoms with Crippen LogP contribution in [0.3, 0.4) is 0 Å². The zero-order valence-electron chi connectivity index (χ0n) is 8.99. The summed E-state index contributed by atoms with van der Waals surface area (Å²) in [7, 11) is 0. The van der Waals surface area contributed by atoms with Crippen molar-refractivity contribution in [3.8, 4) is 0 Å². The minimum atomic E-state index is 0.335. The molecule has 1 heteroatoms. The second-order valence-corrected chi connectivity index (χ2v) is 4.82. The summed E-state index contributed by atoms with van der Waals surface area (Å²) in [6.07, 6.45) is 5.81. The maximum atomic E-state index is 11.3. The molecule has 0 saturated heterocycles. The van der Waals surface area contributed by atoms with Crippen LogP contribution in [0.1, 0.15) is 26.7 Å². The van der Waals surface area contributed by atoms with Crippen molar-refractivity contribution in [2.24, 2.45) is 23.7 Å². The summed E-state index contributed by atoms with van der Waals surface area (Å²) in [6, 6.07) is 0. The van der Waals surface area contributed by atoms with Gasteiger partial charge in [0.25, 0.3) is 0 Å². The smallest absolute Gasteiger partial charge is 0.156 e. The number of hydrogen-bond acceptors (Lipinski definition) is 1. The normalized spacial score (nSPS) is 38.0. The molecule has 1 saturated carbocycles. The third kappa shape index (κ3) is 1.35. The van der Waals surface area contributed by atoms with Crippen LogP contribution < -0.4 is 0 Å². The van der Waals surface area contributed by atoms with Crippen molar-refractivity contribution >= 4 is 5.78 Å². The van der Waals surface area contributed by atoms with Crippen LogP contribution in [0.2, 0.25) is 0 Å². The van der Waals surface area contributed by atoms with Crippen LogP contribution in [-0.2, 0) is 4.79 Å². The van der Waals surface area contributed by atoms with Crippen molar-refractivity contribution in [1.82, 2.24) is 0 Å². The van der Waals surface area contributed by atoms with E-state index in [1.165, 1.54) is 5.57 Å². The van der Waals surface area contributed by atoms with E-state index in [2.05, 4.69) is 20.4 Å². The highest BCUT2D eigenvalue weighted by molar-refractivity contribution is 5.93. The van der Waals surface area contributed by atoms with E-state index in [0.29, 0.717) is 29.5 Å². The summed E-state index contributed by atoms with van der Waals surface area (Å²) in [5.41, 5.74) is 1.40. The van der Waals surface area contributed by atoms with E-state index in [4.69, 9.17) is 0 Å². The molecule has 2 rings (SSSR count). The predicted molar refractivity (Wildman–Crippen MR) is 57.8 cm³/mol. The second kappa shape index (κ2) is 3.38. The third-order valence-corrected chi connectivity index (χ3v) is 4.07. The van der Waals surface area contributed by atoms with Gasteiger partial charge in [-0.25, -0.2) is 0 Å². The number of allylic oxidation sites excluding steroid dienone is 3. The highest BCUT2D eigenvalue weighted by atomic mass is 16.1. The zero-order chi connectivity index (χ0) is 10.3. The van der Waals surface area contributed by atoms with Gasteiger partial charge in [-0.1, -0.05) is 25.5 Å². The van der Waals surface area contributed by atoms with Crippen molar-refractivity contribution in [3.05, 3.63) is 24.3 Å². The number of hydrogen-bond donors (Lipinski definition) is 0. The fraction of sp³-hybridized carbons (Fsp3) is 0.615. The Balaban J connectivity index is 2.18. The van der Waals surface area contributed by atoms with Crippen LogP contribution in [0.25, 0.3) is 0 Å². The van der Waals surface area contributed by atoms with E-state index < -0.39 is 0 Å². The number of rotatable bonds is 2. The summed E-state index contributed by atoms with van der Waals surface area (Å²) in [4.78, 5) is 11.3. The standard InChI is InChI=1S/C13H18O/c1-4-8(2)12-6-10-5-11(14)7-13(10)9(12)3/h4-5,8-9,12-13H,1,6-7H2,2-3H3/t8-,9+,12-,13-/m0/s1. The lowest BCUT2D eigenvalue weighted by Gasteiger charge is -2.22. The van der Waals surface area contributed by atoms with E-state index in [1.807, 2.05) is 12.2 Å². The van der Waals surface area contributed by atoms with Gasteiger partial charge in [0.05, 0.1) is 0 Å². The number of ketones is 1. The first-order valence-corrected chi connectivity index (χ1v) is 5.49. The lowest BCUT2D eigenvalue weighted by Crippen LogP contribution is -2.17. The predicted octanol–water partition coefficient (Wildman–Crippen LogP) is 2.98. The summed E-state index contributed by atoms with van der Waals surface area (Å²) in [5.74, 6) is 2.82. The van der Waals surface area contributed by atoms with Gasteiger partial charge in [0.1, 0.15) is 0 Å². The van der Waals surface area contributed by atoms with Crippen LogP contribution >= 0.6 is 0 Å². The Morgan fingerprint density at radius 2 is 2.29 bits per heavy atom. The molecule has 0 aromatic heterocycles. The lowest BCUT2D eigenvalue weighted by molar-refractivity contribution is -0.114. The van der Waals surface area contributed by atoms with Crippen LogP contribution in [0.4, 0.5) is 0 Å². The Labute approximate surface area is 85.9 Å². The molecule has 0 bridgehead atoms. The van der Waals surface area contributed by atoms with Crippen molar-refractivity contribution in [2.45, 2.75) is 26.7 Å². The number of carbonyl (C=O) groups is 1. The van der Waals surface area contributed by atoms with Crippen LogP contribution in [0.15, 0.2) is 24.3 Å². The van der Waals surface area contributed by atoms with Gasteiger partial charge in [-0.3, -0.25) is 4.79 Å². The summed E-state index contributed by atoms with van der Waals surface area (Å²) in [5, 5.41) is 0. The van der Waals surface area contributed by atoms with Crippen LogP contribution in [0.5, 0.6) is 0 Å². The fourth-order valence-electron chi connectivity index (χ4n) is 3.05. The SMILES string of the molecule is C=C[C@H](C)[C@@H]1CC2=CC(=O)C[C@H]2[C@@H]1C. The van der Waals surface area contributed by atoms with Gasteiger partial charge in [0, 0.05) is 6.42 Å². The van der Waals surface area contributed by atoms with Gasteiger partial charge >= 0.3 is 0 Å². The van der Waals surface area contributed by atoms with Crippen molar-refractivity contribution < 1.29 is 4.79 Å². The molecule has 0 aliphatic heterocycles. The lowest BCUT2D eigenvalue weighted by atomic mass is 9.82. The molecule has 0 amide bonds. The van der Waals surface area contributed by atoms with Gasteiger partial charge in [-0.2, -0.15) is 0 Å². The summed E-state index contributed by atoms with van der Waals surface area (Å²) in [6.45, 7) is 8.38. The molecule has 0 aromatic rings. The van der Waals surface area contributed by atoms with Gasteiger partial charge in [0.15, 0.2) is 5.78 Å². The van der Waals surface area contributed by atoms with Gasteiger partial charge in [-0.15, -0.1) is 6.58 Å². The first kappa shape index (κ1) is 9.70. The largest absolute Gasteiger partial charge is 0.295 e. The van der Waals surface area contributed by atoms with Crippen molar-refractivity contribution in [3.63, 3.8) is 0 Å². The highest BCUT2D eigenvalue weighted by Gasteiger charge is 2.41. The average Bonchev–Trinajstić information content (AvgIpc) is 2.64. The molecule has 2 aliphatic rings. The van der Waals surface area contributed by atoms with Gasteiger partial charge < -0.3 is 0 Å². The topological polar surface area (TPSA) is 17.1 Å². The summed E-state index contributed by atoms with van der Waals surface area (Å²) < 4.78 is 0. The quantitative estimate of drug-likeness (QED) is 0.612. The van der Waals surface area contributed by atoms with Gasteiger partial charge in [-0.05, 0) is 36.2 Å². The summed E-state index contributed by atoms with van der Waals surface area (Å²) >= 11 is 0. The van der Waals surface area contributed by atoms with E-state index in [0.717, 1.165) is 12.8 Å². The molecular weight excluding hydrogens is 172 g/mol. The molecule has 2 aliphatic carbocycles. The van der Waals surface area contributed by atoms with Gasteiger partial charge in [0.2, 0.25) is 0 Å². The fourth-order valence-corrected chi connectivity index (χ4v) is 3.05. The first-order valence-electron chi connectivity index (χ1n) is 5.49. The molecule has 0 aromatic carbocycles. The molecule has 0 radical (unpaired) electrons. The van der Waals surface area contributed by atoms with E-state index in [9.17, 15) is 4.79 Å². The van der Waals surface area contributed by atoms with Crippen LogP contribution in [0, 0.1) is 23.7 Å². The van der Waals surface area contributed by atoms with Crippen LogP contribution in [-0.4, -0.2) is 5.78 Å². The monoisotopic (exact) mass is 190 g/mol. The van der Waals surface area contributed by atoms with E-state index in [1.54, 1.807) is 0 Å². The Kier molecular flexibility index (Phi) is 2.34. The molecule has 0 spiro atoms. The number of fused-ring (bicyclic) bond motifs is 1. The molecule has 0 N–H and O–H groups in total. The molecule has 1 fully saturated rings. The Bertz CT molecular complexity index is 300. The van der Waals surface area contributed by atoms with Crippen molar-refractivity contribution in [2.75, 3.05) is 0 Å². The number of carbonyl (C=O) groups excluding carboxylic acids is 1. The molecule has 76 valence electrons. The Morgan fingerprint density at radius 3 is 2.86 bits per heavy atom. The molecule has 0 unspecified atom stereocenters. The third-order valence-electron chi connectivity index (χ3n) is 4.07. The molecule has 0 heterocycles. The minimum Gasteiger partial charge on any atom is -0.295 e. The van der Waals surface area contributed by atoms with E-state index in [-0.39, 0.29) is 0 Å². The zero-order valence-corrected chi connectivity index (χ0v) is 8.99. The molecule has 1 nitrogen and oxygen atoms in total. The second-order valence-electron chi connectivity index (χ2n) is 4.82. The maximum absolute atomic E-state index is 11.3. The maximum Gasteiger partial charge on any atom is 0.156 e. The highest BCUT2D eigenvalue weighted by Crippen LogP contribution is 2.48. The Hall–Kier alpha value is -0.850. The van der Waals surface area contributed by atoms with E-state index >= 15 is 0 Å². The molecule has 4 atom stereocenters. The molecule has 14 heavy (non-hydrogen) atoms. The average molecular weight is 190 g/mol. The first-order chi connectivity index (χ1) is 6.63. The Morgan fingerprint density at radius 1 is 1.57 bits per heavy atom. The van der Waals surface area contributed by atoms with Crippen molar-refractivity contribution in [1.29, 1.82) is 0 Å². The minimum absolute atomic E-state index is 0.335. The molecular formula is C13H18O.